The predicted molar refractivity (Wildman–Crippen MR) is 83.1 cm³/mol. The number of nitrogens with zero attached hydrogens (tertiary/aromatic N) is 2. The normalized spacial score (nSPS) is 18.0. The first-order chi connectivity index (χ1) is 10.6. The molecule has 0 aromatic carbocycles. The summed E-state index contributed by atoms with van der Waals surface area (Å²) in [5.74, 6) is 0.766. The molecule has 1 atom stereocenters. The summed E-state index contributed by atoms with van der Waals surface area (Å²) in [4.78, 5) is 29.2. The van der Waals surface area contributed by atoms with E-state index < -0.39 is 0 Å². The van der Waals surface area contributed by atoms with Gasteiger partial charge in [0.2, 0.25) is 11.8 Å². The monoisotopic (exact) mass is 318 g/mol. The Morgan fingerprint density at radius 3 is 3.00 bits per heavy atom. The van der Waals surface area contributed by atoms with Gasteiger partial charge >= 0.3 is 0 Å². The molecule has 1 saturated heterocycles. The van der Waals surface area contributed by atoms with Crippen molar-refractivity contribution in [2.45, 2.75) is 32.0 Å². The third-order valence-electron chi connectivity index (χ3n) is 3.87. The smallest absolute Gasteiger partial charge is 0.245 e. The largest absolute Gasteiger partial charge is 0.467 e. The van der Waals surface area contributed by atoms with Crippen LogP contribution in [-0.4, -0.2) is 34.7 Å². The molecule has 1 aliphatic heterocycles. The first-order valence-corrected chi connectivity index (χ1v) is 8.12. The fourth-order valence-electron chi connectivity index (χ4n) is 2.73. The van der Waals surface area contributed by atoms with Crippen LogP contribution in [0, 0.1) is 0 Å². The van der Waals surface area contributed by atoms with Crippen LogP contribution in [0.5, 0.6) is 0 Å². The topological polar surface area (TPSA) is 53.8 Å². The molecule has 1 fully saturated rings. The lowest BCUT2D eigenvalue weighted by Crippen LogP contribution is -2.44. The zero-order chi connectivity index (χ0) is 15.5. The Bertz CT molecular complexity index is 636. The molecule has 0 radical (unpaired) electrons. The van der Waals surface area contributed by atoms with Crippen LogP contribution in [0.3, 0.4) is 0 Å². The molecule has 22 heavy (non-hydrogen) atoms. The third kappa shape index (κ3) is 3.06. The van der Waals surface area contributed by atoms with Gasteiger partial charge in [0.1, 0.15) is 11.8 Å². The molecule has 1 aliphatic rings. The highest BCUT2D eigenvalue weighted by molar-refractivity contribution is 7.09. The number of likely N-dealkylation sites (N-methyl/N-ethyl adjacent to an activating group) is 1. The number of furan rings is 1. The number of carbonyl (C=O) groups excluding carboxylic acids is 2. The molecule has 6 heteroatoms. The molecule has 2 aromatic heterocycles. The molecular formula is C16H18N2O3S. The molecular weight excluding hydrogens is 300 g/mol. The quantitative estimate of drug-likeness (QED) is 0.851. The van der Waals surface area contributed by atoms with Crippen LogP contribution in [0.1, 0.15) is 23.5 Å². The van der Waals surface area contributed by atoms with Crippen molar-refractivity contribution in [3.8, 4) is 0 Å². The summed E-state index contributed by atoms with van der Waals surface area (Å²) in [5, 5.41) is 1.98. The number of rotatable bonds is 5. The van der Waals surface area contributed by atoms with Gasteiger partial charge in [0.25, 0.3) is 0 Å². The maximum atomic E-state index is 12.6. The highest BCUT2D eigenvalue weighted by Gasteiger charge is 2.37. The van der Waals surface area contributed by atoms with Gasteiger partial charge < -0.3 is 14.2 Å². The second kappa shape index (κ2) is 6.36. The number of hydrogen-bond acceptors (Lipinski definition) is 4. The average Bonchev–Trinajstić information content (AvgIpc) is 3.23. The molecule has 0 aliphatic carbocycles. The maximum Gasteiger partial charge on any atom is 0.245 e. The summed E-state index contributed by atoms with van der Waals surface area (Å²) < 4.78 is 5.28. The van der Waals surface area contributed by atoms with Crippen LogP contribution >= 0.6 is 11.3 Å². The Morgan fingerprint density at radius 1 is 1.45 bits per heavy atom. The fraction of sp³-hybridized carbons (Fsp3) is 0.375. The Labute approximate surface area is 133 Å². The molecule has 3 rings (SSSR count). The minimum atomic E-state index is -0.366. The number of carbonyl (C=O) groups is 2. The third-order valence-corrected chi connectivity index (χ3v) is 4.73. The van der Waals surface area contributed by atoms with Crippen molar-refractivity contribution in [3.05, 3.63) is 46.5 Å². The molecule has 5 nitrogen and oxygen atoms in total. The van der Waals surface area contributed by atoms with Gasteiger partial charge in [0.15, 0.2) is 0 Å². The van der Waals surface area contributed by atoms with Gasteiger partial charge in [-0.3, -0.25) is 9.59 Å². The van der Waals surface area contributed by atoms with E-state index >= 15 is 0 Å². The van der Waals surface area contributed by atoms with Crippen LogP contribution in [0.2, 0.25) is 0 Å². The van der Waals surface area contributed by atoms with E-state index in [2.05, 4.69) is 0 Å². The van der Waals surface area contributed by atoms with Gasteiger partial charge in [-0.1, -0.05) is 6.07 Å². The number of hydrogen-bond donors (Lipinski definition) is 0. The molecule has 2 aromatic rings. The Hall–Kier alpha value is -2.08. The van der Waals surface area contributed by atoms with E-state index in [1.54, 1.807) is 40.5 Å². The zero-order valence-electron chi connectivity index (χ0n) is 12.4. The summed E-state index contributed by atoms with van der Waals surface area (Å²) in [7, 11) is 1.75. The van der Waals surface area contributed by atoms with Crippen molar-refractivity contribution in [1.29, 1.82) is 0 Å². The Kier molecular flexibility index (Phi) is 4.29. The van der Waals surface area contributed by atoms with Crippen LogP contribution in [0.4, 0.5) is 0 Å². The molecule has 1 unspecified atom stereocenters. The molecule has 0 N–H and O–H groups in total. The van der Waals surface area contributed by atoms with Gasteiger partial charge in [-0.15, -0.1) is 11.3 Å². The van der Waals surface area contributed by atoms with E-state index in [9.17, 15) is 9.59 Å². The first-order valence-electron chi connectivity index (χ1n) is 7.24. The van der Waals surface area contributed by atoms with Gasteiger partial charge in [0, 0.05) is 18.3 Å². The molecule has 0 saturated carbocycles. The van der Waals surface area contributed by atoms with Gasteiger partial charge in [-0.25, -0.2) is 0 Å². The van der Waals surface area contributed by atoms with E-state index in [4.69, 9.17) is 4.42 Å². The van der Waals surface area contributed by atoms with E-state index in [1.165, 1.54) is 0 Å². The van der Waals surface area contributed by atoms with Crippen LogP contribution in [-0.2, 0) is 22.7 Å². The first kappa shape index (κ1) is 14.8. The van der Waals surface area contributed by atoms with Crippen molar-refractivity contribution in [2.75, 3.05) is 7.05 Å². The molecule has 2 amide bonds. The summed E-state index contributed by atoms with van der Waals surface area (Å²) in [6.45, 7) is 0.935. The average molecular weight is 318 g/mol. The predicted octanol–water partition coefficient (Wildman–Crippen LogP) is 2.49. The van der Waals surface area contributed by atoms with Crippen molar-refractivity contribution in [1.82, 2.24) is 9.80 Å². The van der Waals surface area contributed by atoms with E-state index in [0.29, 0.717) is 25.9 Å². The van der Waals surface area contributed by atoms with Crippen molar-refractivity contribution >= 4 is 23.2 Å². The van der Waals surface area contributed by atoms with Crippen molar-refractivity contribution in [2.24, 2.45) is 0 Å². The number of thiophene rings is 1. The van der Waals surface area contributed by atoms with Gasteiger partial charge in [0.05, 0.1) is 19.4 Å². The molecule has 116 valence electrons. The summed E-state index contributed by atoms with van der Waals surface area (Å²) in [6.07, 6.45) is 2.62. The Balaban J connectivity index is 1.68. The van der Waals surface area contributed by atoms with E-state index in [0.717, 1.165) is 10.6 Å². The van der Waals surface area contributed by atoms with Crippen molar-refractivity contribution in [3.63, 3.8) is 0 Å². The summed E-state index contributed by atoms with van der Waals surface area (Å²) in [5.41, 5.74) is 0. The minimum absolute atomic E-state index is 0.0289. The second-order valence-corrected chi connectivity index (χ2v) is 6.46. The standard InChI is InChI=1S/C16H18N2O3S/c1-17(10-12-4-2-8-21-12)16(20)14-6-7-15(19)18(14)11-13-5-3-9-22-13/h2-5,8-9,14H,6-7,10-11H2,1H3. The molecule has 3 heterocycles. The van der Waals surface area contributed by atoms with Crippen molar-refractivity contribution < 1.29 is 14.0 Å². The van der Waals surface area contributed by atoms with Gasteiger partial charge in [-0.05, 0) is 30.0 Å². The Morgan fingerprint density at radius 2 is 2.32 bits per heavy atom. The summed E-state index contributed by atoms with van der Waals surface area (Å²) >= 11 is 1.60. The lowest BCUT2D eigenvalue weighted by atomic mass is 10.2. The lowest BCUT2D eigenvalue weighted by molar-refractivity contribution is -0.141. The highest BCUT2D eigenvalue weighted by atomic mass is 32.1. The second-order valence-electron chi connectivity index (χ2n) is 5.43. The van der Waals surface area contributed by atoms with Gasteiger partial charge in [-0.2, -0.15) is 0 Å². The zero-order valence-corrected chi connectivity index (χ0v) is 13.2. The molecule has 0 spiro atoms. The SMILES string of the molecule is CN(Cc1ccco1)C(=O)C1CCC(=O)N1Cc1cccs1. The highest BCUT2D eigenvalue weighted by Crippen LogP contribution is 2.25. The fourth-order valence-corrected chi connectivity index (χ4v) is 3.43. The van der Waals surface area contributed by atoms with Crippen LogP contribution in [0.25, 0.3) is 0 Å². The summed E-state index contributed by atoms with van der Waals surface area (Å²) in [6, 6.07) is 7.22. The maximum absolute atomic E-state index is 12.6. The lowest BCUT2D eigenvalue weighted by Gasteiger charge is -2.27. The minimum Gasteiger partial charge on any atom is -0.467 e. The number of likely N-dealkylation sites (tertiary alicyclic amines) is 1. The van der Waals surface area contributed by atoms with Crippen LogP contribution < -0.4 is 0 Å². The van der Waals surface area contributed by atoms with Crippen LogP contribution in [0.15, 0.2) is 40.3 Å². The van der Waals surface area contributed by atoms with E-state index in [-0.39, 0.29) is 17.9 Å². The molecule has 0 bridgehead atoms. The number of amides is 2. The van der Waals surface area contributed by atoms with E-state index in [1.807, 2.05) is 23.6 Å².